The van der Waals surface area contributed by atoms with Crippen LogP contribution >= 0.6 is 22.9 Å². The first kappa shape index (κ1) is 12.2. The van der Waals surface area contributed by atoms with Crippen molar-refractivity contribution in [2.24, 2.45) is 0 Å². The lowest BCUT2D eigenvalue weighted by atomic mass is 10.2. The van der Waals surface area contributed by atoms with E-state index in [1.807, 2.05) is 13.0 Å². The third-order valence-electron chi connectivity index (χ3n) is 2.43. The van der Waals surface area contributed by atoms with Crippen molar-refractivity contribution in [1.29, 1.82) is 0 Å². The molecule has 1 aromatic carbocycles. The Morgan fingerprint density at radius 2 is 2.29 bits per heavy atom. The maximum atomic E-state index is 11.9. The molecule has 5 heteroatoms. The highest BCUT2D eigenvalue weighted by Crippen LogP contribution is 2.35. The lowest BCUT2D eigenvalue weighted by Crippen LogP contribution is -2.23. The zero-order valence-electron chi connectivity index (χ0n) is 9.42. The lowest BCUT2D eigenvalue weighted by Gasteiger charge is -2.01. The summed E-state index contributed by atoms with van der Waals surface area (Å²) in [5, 5.41) is 4.30. The second-order valence-corrected chi connectivity index (χ2v) is 5.23. The van der Waals surface area contributed by atoms with Crippen LogP contribution in [-0.4, -0.2) is 12.5 Å². The summed E-state index contributed by atoms with van der Waals surface area (Å²) in [6.45, 7) is 2.67. The molecule has 0 aliphatic heterocycles. The number of benzene rings is 1. The number of amides is 1. The van der Waals surface area contributed by atoms with Gasteiger partial charge in [-0.3, -0.25) is 4.79 Å². The Balaban J connectivity index is 2.42. The van der Waals surface area contributed by atoms with Gasteiger partial charge in [0.25, 0.3) is 5.91 Å². The van der Waals surface area contributed by atoms with Crippen LogP contribution in [0.5, 0.6) is 0 Å². The molecule has 0 saturated heterocycles. The Morgan fingerprint density at radius 3 is 3.00 bits per heavy atom. The van der Waals surface area contributed by atoms with E-state index in [0.717, 1.165) is 16.5 Å². The van der Waals surface area contributed by atoms with E-state index >= 15 is 0 Å². The van der Waals surface area contributed by atoms with Crippen molar-refractivity contribution in [2.75, 3.05) is 12.3 Å². The minimum atomic E-state index is -0.110. The number of hydrogen-bond donors (Lipinski definition) is 2. The van der Waals surface area contributed by atoms with Crippen LogP contribution in [0.2, 0.25) is 5.02 Å². The molecule has 1 heterocycles. The third-order valence-corrected chi connectivity index (χ3v) is 3.85. The van der Waals surface area contributed by atoms with Crippen LogP contribution in [0.1, 0.15) is 23.0 Å². The predicted molar refractivity (Wildman–Crippen MR) is 73.9 cm³/mol. The fourth-order valence-corrected chi connectivity index (χ4v) is 2.77. The Hall–Kier alpha value is -1.26. The fraction of sp³-hybridized carbons (Fsp3) is 0.250. The molecular formula is C12H13ClN2OS. The van der Waals surface area contributed by atoms with E-state index in [4.69, 9.17) is 17.3 Å². The zero-order chi connectivity index (χ0) is 12.4. The lowest BCUT2D eigenvalue weighted by molar-refractivity contribution is 0.0958. The van der Waals surface area contributed by atoms with Crippen LogP contribution in [0.15, 0.2) is 18.2 Å². The van der Waals surface area contributed by atoms with Crippen LogP contribution in [0, 0.1) is 0 Å². The number of anilines is 1. The first-order chi connectivity index (χ1) is 8.13. The third kappa shape index (κ3) is 2.37. The Morgan fingerprint density at radius 1 is 1.53 bits per heavy atom. The van der Waals surface area contributed by atoms with Gasteiger partial charge in [0.05, 0.1) is 5.69 Å². The molecule has 0 spiro atoms. The molecule has 1 aromatic heterocycles. The molecule has 3 nitrogen and oxygen atoms in total. The largest absolute Gasteiger partial charge is 0.397 e. The standard InChI is InChI=1S/C12H13ClN2OS/c1-2-5-15-12(16)11-10(14)8-6-7(13)3-4-9(8)17-11/h3-4,6H,2,5,14H2,1H3,(H,15,16). The second kappa shape index (κ2) is 4.94. The van der Waals surface area contributed by atoms with E-state index < -0.39 is 0 Å². The van der Waals surface area contributed by atoms with Crippen molar-refractivity contribution in [1.82, 2.24) is 5.32 Å². The van der Waals surface area contributed by atoms with Gasteiger partial charge in [-0.05, 0) is 24.6 Å². The van der Waals surface area contributed by atoms with Crippen LogP contribution < -0.4 is 11.1 Å². The molecule has 17 heavy (non-hydrogen) atoms. The van der Waals surface area contributed by atoms with Gasteiger partial charge in [-0.2, -0.15) is 0 Å². The highest BCUT2D eigenvalue weighted by Gasteiger charge is 2.15. The summed E-state index contributed by atoms with van der Waals surface area (Å²) in [6.07, 6.45) is 0.905. The minimum Gasteiger partial charge on any atom is -0.397 e. The Kier molecular flexibility index (Phi) is 3.54. The summed E-state index contributed by atoms with van der Waals surface area (Å²) >= 11 is 7.31. The Labute approximate surface area is 109 Å². The van der Waals surface area contributed by atoms with E-state index in [2.05, 4.69) is 5.32 Å². The SMILES string of the molecule is CCCNC(=O)c1sc2ccc(Cl)cc2c1N. The summed E-state index contributed by atoms with van der Waals surface area (Å²) in [5.41, 5.74) is 6.49. The van der Waals surface area contributed by atoms with E-state index in [1.54, 1.807) is 12.1 Å². The molecule has 0 saturated carbocycles. The molecule has 0 fully saturated rings. The van der Waals surface area contributed by atoms with E-state index in [0.29, 0.717) is 22.1 Å². The minimum absolute atomic E-state index is 0.110. The zero-order valence-corrected chi connectivity index (χ0v) is 11.0. The molecule has 0 aliphatic rings. The predicted octanol–water partition coefficient (Wildman–Crippen LogP) is 3.28. The van der Waals surface area contributed by atoms with Gasteiger partial charge in [-0.1, -0.05) is 18.5 Å². The van der Waals surface area contributed by atoms with Gasteiger partial charge in [0, 0.05) is 21.7 Å². The van der Waals surface area contributed by atoms with Crippen LogP contribution in [0.4, 0.5) is 5.69 Å². The molecule has 0 aliphatic carbocycles. The van der Waals surface area contributed by atoms with Gasteiger partial charge in [-0.15, -0.1) is 11.3 Å². The number of hydrogen-bond acceptors (Lipinski definition) is 3. The Bertz CT molecular complexity index is 565. The monoisotopic (exact) mass is 268 g/mol. The molecule has 2 rings (SSSR count). The summed E-state index contributed by atoms with van der Waals surface area (Å²) in [5.74, 6) is -0.110. The first-order valence-electron chi connectivity index (χ1n) is 5.39. The molecule has 0 atom stereocenters. The number of nitrogens with one attached hydrogen (secondary N) is 1. The van der Waals surface area contributed by atoms with Gasteiger partial charge in [0.1, 0.15) is 4.88 Å². The van der Waals surface area contributed by atoms with Gasteiger partial charge in [0.2, 0.25) is 0 Å². The number of carbonyl (C=O) groups excluding carboxylic acids is 1. The van der Waals surface area contributed by atoms with Gasteiger partial charge in [0.15, 0.2) is 0 Å². The molecule has 90 valence electrons. The van der Waals surface area contributed by atoms with E-state index in [9.17, 15) is 4.79 Å². The highest BCUT2D eigenvalue weighted by molar-refractivity contribution is 7.21. The van der Waals surface area contributed by atoms with E-state index in [-0.39, 0.29) is 5.91 Å². The number of thiophene rings is 1. The van der Waals surface area contributed by atoms with E-state index in [1.165, 1.54) is 11.3 Å². The van der Waals surface area contributed by atoms with Crippen LogP contribution in [-0.2, 0) is 0 Å². The number of fused-ring (bicyclic) bond motifs is 1. The molecule has 1 amide bonds. The number of halogens is 1. The number of nitrogens with two attached hydrogens (primary N) is 1. The number of carbonyl (C=O) groups is 1. The van der Waals surface area contributed by atoms with Crippen molar-refractivity contribution in [3.8, 4) is 0 Å². The van der Waals surface area contributed by atoms with Crippen LogP contribution in [0.25, 0.3) is 10.1 Å². The number of nitrogen functional groups attached to an aromatic ring is 1. The summed E-state index contributed by atoms with van der Waals surface area (Å²) in [7, 11) is 0. The molecule has 0 unspecified atom stereocenters. The van der Waals surface area contributed by atoms with Crippen molar-refractivity contribution in [3.05, 3.63) is 28.1 Å². The topological polar surface area (TPSA) is 55.1 Å². The molecular weight excluding hydrogens is 256 g/mol. The summed E-state index contributed by atoms with van der Waals surface area (Å²) in [4.78, 5) is 12.4. The van der Waals surface area contributed by atoms with Gasteiger partial charge < -0.3 is 11.1 Å². The average molecular weight is 269 g/mol. The fourth-order valence-electron chi connectivity index (χ4n) is 1.58. The maximum absolute atomic E-state index is 11.9. The molecule has 3 N–H and O–H groups in total. The summed E-state index contributed by atoms with van der Waals surface area (Å²) < 4.78 is 0.980. The smallest absolute Gasteiger partial charge is 0.263 e. The average Bonchev–Trinajstić information content (AvgIpc) is 2.64. The summed E-state index contributed by atoms with van der Waals surface area (Å²) in [6, 6.07) is 5.47. The van der Waals surface area contributed by atoms with Crippen molar-refractivity contribution in [2.45, 2.75) is 13.3 Å². The van der Waals surface area contributed by atoms with Gasteiger partial charge >= 0.3 is 0 Å². The number of rotatable bonds is 3. The van der Waals surface area contributed by atoms with Gasteiger partial charge in [-0.25, -0.2) is 0 Å². The normalized spacial score (nSPS) is 10.7. The van der Waals surface area contributed by atoms with Crippen LogP contribution in [0.3, 0.4) is 0 Å². The molecule has 0 bridgehead atoms. The molecule has 2 aromatic rings. The van der Waals surface area contributed by atoms with Crippen molar-refractivity contribution < 1.29 is 4.79 Å². The second-order valence-electron chi connectivity index (χ2n) is 3.74. The molecule has 0 radical (unpaired) electrons. The van der Waals surface area contributed by atoms with Crippen molar-refractivity contribution >= 4 is 44.6 Å². The first-order valence-corrected chi connectivity index (χ1v) is 6.58. The highest BCUT2D eigenvalue weighted by atomic mass is 35.5. The quantitative estimate of drug-likeness (QED) is 0.898. The van der Waals surface area contributed by atoms with Crippen molar-refractivity contribution in [3.63, 3.8) is 0 Å². The maximum Gasteiger partial charge on any atom is 0.263 e.